The Kier molecular flexibility index (Phi) is 10.3. The number of rotatable bonds is 8. The van der Waals surface area contributed by atoms with E-state index >= 15 is 0 Å². The topological polar surface area (TPSA) is 48.9 Å². The molecule has 1 aromatic heterocycles. The van der Waals surface area contributed by atoms with Gasteiger partial charge in [-0.25, -0.2) is 0 Å². The first kappa shape index (κ1) is 22.7. The van der Waals surface area contributed by atoms with Crippen LogP contribution in [0.1, 0.15) is 45.2 Å². The molecule has 0 amide bonds. The van der Waals surface area contributed by atoms with Crippen LogP contribution in [-0.4, -0.2) is 56.3 Å². The molecule has 2 N–H and O–H groups in total. The smallest absolute Gasteiger partial charge is 0.191 e. The quantitative estimate of drug-likeness (QED) is 0.340. The minimum Gasteiger partial charge on any atom is -0.373 e. The van der Waals surface area contributed by atoms with Gasteiger partial charge in [0.1, 0.15) is 0 Å². The summed E-state index contributed by atoms with van der Waals surface area (Å²) in [5, 5.41) is 11.3. The molecule has 1 aromatic rings. The van der Waals surface area contributed by atoms with Crippen molar-refractivity contribution in [3.05, 3.63) is 22.4 Å². The Hall–Kier alpha value is -0.380. The average molecular weight is 480 g/mol. The third-order valence-electron chi connectivity index (χ3n) is 4.80. The Balaban J connectivity index is 0.00000312. The van der Waals surface area contributed by atoms with Gasteiger partial charge in [0, 0.05) is 26.7 Å². The van der Waals surface area contributed by atoms with E-state index in [1.54, 1.807) is 11.3 Å². The van der Waals surface area contributed by atoms with Crippen LogP contribution in [-0.2, 0) is 4.74 Å². The van der Waals surface area contributed by atoms with E-state index < -0.39 is 0 Å². The molecular formula is C18H33IN4OS. The predicted octanol–water partition coefficient (Wildman–Crippen LogP) is 3.48. The Morgan fingerprint density at radius 3 is 2.68 bits per heavy atom. The van der Waals surface area contributed by atoms with Gasteiger partial charge in [0.05, 0.1) is 11.6 Å². The van der Waals surface area contributed by atoms with Crippen LogP contribution in [0.25, 0.3) is 0 Å². The first-order valence-corrected chi connectivity index (χ1v) is 9.90. The van der Waals surface area contributed by atoms with Crippen molar-refractivity contribution < 1.29 is 4.74 Å². The fourth-order valence-corrected chi connectivity index (χ4v) is 3.95. The number of ether oxygens (including phenoxy) is 1. The van der Waals surface area contributed by atoms with Crippen molar-refractivity contribution in [2.24, 2.45) is 4.99 Å². The van der Waals surface area contributed by atoms with E-state index in [0.717, 1.165) is 51.6 Å². The van der Waals surface area contributed by atoms with Crippen LogP contribution in [0.3, 0.4) is 0 Å². The third kappa shape index (κ3) is 6.69. The molecule has 0 aliphatic carbocycles. The van der Waals surface area contributed by atoms with Crippen LogP contribution in [0, 0.1) is 0 Å². The molecule has 2 unspecified atom stereocenters. The van der Waals surface area contributed by atoms with E-state index in [-0.39, 0.29) is 29.6 Å². The number of halogens is 1. The maximum atomic E-state index is 5.84. The second-order valence-corrected chi connectivity index (χ2v) is 7.28. The Bertz CT molecular complexity index is 499. The molecule has 0 spiro atoms. The van der Waals surface area contributed by atoms with E-state index in [1.165, 1.54) is 5.56 Å². The maximum Gasteiger partial charge on any atom is 0.191 e. The molecule has 0 aromatic carbocycles. The number of hydrogen-bond acceptors (Lipinski definition) is 4. The molecule has 1 aliphatic rings. The van der Waals surface area contributed by atoms with Crippen LogP contribution in [0.15, 0.2) is 21.8 Å². The summed E-state index contributed by atoms with van der Waals surface area (Å²) < 4.78 is 5.84. The van der Waals surface area contributed by atoms with Crippen LogP contribution < -0.4 is 10.6 Å². The SMILES string of the molecule is CCN(CC)C(CNC(=NC)NCC1(C)CCCO1)c1ccsc1.I. The highest BCUT2D eigenvalue weighted by atomic mass is 127. The highest BCUT2D eigenvalue weighted by Crippen LogP contribution is 2.24. The van der Waals surface area contributed by atoms with Gasteiger partial charge in [-0.05, 0) is 55.2 Å². The Morgan fingerprint density at radius 2 is 2.16 bits per heavy atom. The van der Waals surface area contributed by atoms with Crippen molar-refractivity contribution in [1.29, 1.82) is 0 Å². The van der Waals surface area contributed by atoms with Crippen molar-refractivity contribution in [3.63, 3.8) is 0 Å². The van der Waals surface area contributed by atoms with E-state index in [2.05, 4.69) is 58.1 Å². The van der Waals surface area contributed by atoms with Gasteiger partial charge < -0.3 is 15.4 Å². The molecule has 25 heavy (non-hydrogen) atoms. The fraction of sp³-hybridized carbons (Fsp3) is 0.722. The summed E-state index contributed by atoms with van der Waals surface area (Å²) in [6.07, 6.45) is 2.25. The van der Waals surface area contributed by atoms with Crippen LogP contribution in [0.5, 0.6) is 0 Å². The monoisotopic (exact) mass is 480 g/mol. The minimum atomic E-state index is -0.0662. The molecule has 0 radical (unpaired) electrons. The summed E-state index contributed by atoms with van der Waals surface area (Å²) in [6, 6.07) is 2.59. The Morgan fingerprint density at radius 1 is 1.40 bits per heavy atom. The lowest BCUT2D eigenvalue weighted by Gasteiger charge is -2.30. The summed E-state index contributed by atoms with van der Waals surface area (Å²) in [4.78, 5) is 6.84. The van der Waals surface area contributed by atoms with Crippen molar-refractivity contribution in [2.45, 2.75) is 45.3 Å². The van der Waals surface area contributed by atoms with Crippen molar-refractivity contribution >= 4 is 41.3 Å². The molecule has 1 aliphatic heterocycles. The standard InChI is InChI=1S/C18H32N4OS.HI/c1-5-22(6-2)16(15-8-11-24-13-15)12-20-17(19-4)21-14-18(3)9-7-10-23-18;/h8,11,13,16H,5-7,9-10,12,14H2,1-4H3,(H2,19,20,21);1H. The lowest BCUT2D eigenvalue weighted by molar-refractivity contribution is 0.0242. The lowest BCUT2D eigenvalue weighted by atomic mass is 10.0. The van der Waals surface area contributed by atoms with Crippen molar-refractivity contribution in [1.82, 2.24) is 15.5 Å². The zero-order valence-corrected chi connectivity index (χ0v) is 19.0. The van der Waals surface area contributed by atoms with E-state index in [0.29, 0.717) is 6.04 Å². The number of guanidine groups is 1. The molecule has 5 nitrogen and oxygen atoms in total. The van der Waals surface area contributed by atoms with Crippen molar-refractivity contribution in [3.8, 4) is 0 Å². The number of thiophene rings is 1. The summed E-state index contributed by atoms with van der Waals surface area (Å²) in [5.41, 5.74) is 1.31. The molecule has 1 saturated heterocycles. The lowest BCUT2D eigenvalue weighted by Crippen LogP contribution is -2.47. The highest BCUT2D eigenvalue weighted by molar-refractivity contribution is 14.0. The molecule has 2 rings (SSSR count). The van der Waals surface area contributed by atoms with E-state index in [4.69, 9.17) is 4.74 Å². The third-order valence-corrected chi connectivity index (χ3v) is 5.50. The number of likely N-dealkylation sites (N-methyl/N-ethyl adjacent to an activating group) is 1. The minimum absolute atomic E-state index is 0. The van der Waals surface area contributed by atoms with E-state index in [1.807, 2.05) is 7.05 Å². The predicted molar refractivity (Wildman–Crippen MR) is 118 cm³/mol. The molecule has 0 saturated carbocycles. The number of hydrogen-bond donors (Lipinski definition) is 2. The number of nitrogens with zero attached hydrogens (tertiary/aromatic N) is 2. The number of aliphatic imine (C=N–C) groups is 1. The second kappa shape index (κ2) is 11.4. The van der Waals surface area contributed by atoms with Gasteiger partial charge >= 0.3 is 0 Å². The van der Waals surface area contributed by atoms with Gasteiger partial charge in [0.2, 0.25) is 0 Å². The summed E-state index contributed by atoms with van der Waals surface area (Å²) in [5.74, 6) is 0.846. The summed E-state index contributed by atoms with van der Waals surface area (Å²) >= 11 is 1.76. The first-order chi connectivity index (χ1) is 11.6. The zero-order chi connectivity index (χ0) is 17.4. The normalized spacial score (nSPS) is 21.9. The van der Waals surface area contributed by atoms with Gasteiger partial charge in [0.25, 0.3) is 0 Å². The van der Waals surface area contributed by atoms with Gasteiger partial charge in [-0.2, -0.15) is 11.3 Å². The van der Waals surface area contributed by atoms with Crippen LogP contribution >= 0.6 is 35.3 Å². The number of nitrogens with one attached hydrogen (secondary N) is 2. The summed E-state index contributed by atoms with van der Waals surface area (Å²) in [7, 11) is 1.82. The zero-order valence-electron chi connectivity index (χ0n) is 15.9. The largest absolute Gasteiger partial charge is 0.373 e. The van der Waals surface area contributed by atoms with Gasteiger partial charge in [0.15, 0.2) is 5.96 Å². The van der Waals surface area contributed by atoms with Gasteiger partial charge in [-0.3, -0.25) is 9.89 Å². The molecule has 1 fully saturated rings. The van der Waals surface area contributed by atoms with Crippen LogP contribution in [0.4, 0.5) is 0 Å². The van der Waals surface area contributed by atoms with E-state index in [9.17, 15) is 0 Å². The Labute approximate surface area is 173 Å². The highest BCUT2D eigenvalue weighted by Gasteiger charge is 2.29. The second-order valence-electron chi connectivity index (χ2n) is 6.50. The average Bonchev–Trinajstić information content (AvgIpc) is 3.26. The van der Waals surface area contributed by atoms with Crippen molar-refractivity contribution in [2.75, 3.05) is 39.8 Å². The molecular weight excluding hydrogens is 447 g/mol. The molecule has 0 bridgehead atoms. The first-order valence-electron chi connectivity index (χ1n) is 8.96. The van der Waals surface area contributed by atoms with Gasteiger partial charge in [-0.15, -0.1) is 24.0 Å². The summed E-state index contributed by atoms with van der Waals surface area (Å²) in [6.45, 7) is 11.2. The molecule has 2 heterocycles. The fourth-order valence-electron chi connectivity index (χ4n) is 3.25. The molecule has 7 heteroatoms. The molecule has 144 valence electrons. The van der Waals surface area contributed by atoms with Gasteiger partial charge in [-0.1, -0.05) is 13.8 Å². The van der Waals surface area contributed by atoms with Crippen LogP contribution in [0.2, 0.25) is 0 Å². The maximum absolute atomic E-state index is 5.84. The molecule has 2 atom stereocenters.